The fourth-order valence-corrected chi connectivity index (χ4v) is 4.96. The van der Waals surface area contributed by atoms with Crippen LogP contribution in [0.4, 0.5) is 0 Å². The number of carbonyl (C=O) groups excluding carboxylic acids is 1. The molecule has 1 aliphatic carbocycles. The van der Waals surface area contributed by atoms with Crippen molar-refractivity contribution in [3.63, 3.8) is 0 Å². The van der Waals surface area contributed by atoms with Crippen molar-refractivity contribution in [1.82, 2.24) is 15.0 Å². The van der Waals surface area contributed by atoms with E-state index in [2.05, 4.69) is 22.4 Å². The van der Waals surface area contributed by atoms with E-state index in [1.54, 1.807) is 23.5 Å². The Bertz CT molecular complexity index is 1200. The highest BCUT2D eigenvalue weighted by Gasteiger charge is 2.23. The number of nitrogens with one attached hydrogen (secondary N) is 1. The molecule has 2 N–H and O–H groups in total. The predicted octanol–water partition coefficient (Wildman–Crippen LogP) is 2.45. The number of nitrogens with zero attached hydrogens (tertiary/aromatic N) is 3. The Morgan fingerprint density at radius 2 is 2.33 bits per heavy atom. The van der Waals surface area contributed by atoms with Crippen LogP contribution >= 0.6 is 11.3 Å². The van der Waals surface area contributed by atoms with Crippen LogP contribution in [0.1, 0.15) is 29.3 Å². The molecule has 3 aromatic rings. The lowest BCUT2D eigenvalue weighted by atomic mass is 9.89. The van der Waals surface area contributed by atoms with Gasteiger partial charge in [0, 0.05) is 4.88 Å². The SMILES string of the molecule is COc1cc(/C=N/NC(=O)Cn2cnc3sc4c(c3c2=O)CCC(C)C4)ccc1O. The molecule has 30 heavy (non-hydrogen) atoms. The van der Waals surface area contributed by atoms with Crippen molar-refractivity contribution in [2.24, 2.45) is 11.0 Å². The zero-order chi connectivity index (χ0) is 21.3. The van der Waals surface area contributed by atoms with Crippen molar-refractivity contribution in [3.8, 4) is 11.5 Å². The molecule has 0 saturated carbocycles. The van der Waals surface area contributed by atoms with Crippen LogP contribution in [0, 0.1) is 5.92 Å². The molecule has 0 bridgehead atoms. The number of hydrogen-bond donors (Lipinski definition) is 2. The quantitative estimate of drug-likeness (QED) is 0.482. The maximum atomic E-state index is 12.9. The zero-order valence-electron chi connectivity index (χ0n) is 16.7. The molecule has 0 spiro atoms. The van der Waals surface area contributed by atoms with Crippen LogP contribution in [0.25, 0.3) is 10.2 Å². The summed E-state index contributed by atoms with van der Waals surface area (Å²) in [5.41, 5.74) is 3.97. The Labute approximate surface area is 176 Å². The number of aryl methyl sites for hydroxylation is 1. The molecule has 4 rings (SSSR count). The van der Waals surface area contributed by atoms with Crippen LogP contribution in [0.3, 0.4) is 0 Å². The summed E-state index contributed by atoms with van der Waals surface area (Å²) in [5, 5.41) is 14.2. The Hall–Kier alpha value is -3.20. The summed E-state index contributed by atoms with van der Waals surface area (Å²) in [6.45, 7) is 2.05. The lowest BCUT2D eigenvalue weighted by Crippen LogP contribution is -2.30. The highest BCUT2D eigenvalue weighted by molar-refractivity contribution is 7.18. The van der Waals surface area contributed by atoms with Gasteiger partial charge < -0.3 is 9.84 Å². The molecule has 2 aromatic heterocycles. The number of phenols is 1. The molecule has 1 aliphatic rings. The standard InChI is InChI=1S/C21H22N4O4S/c1-12-3-5-14-17(7-12)30-20-19(14)21(28)25(11-22-20)10-18(27)24-23-9-13-4-6-15(26)16(8-13)29-2/h4,6,8-9,11-12,26H,3,5,7,10H2,1-2H3,(H,24,27)/b23-9+. The second kappa shape index (κ2) is 8.27. The number of rotatable bonds is 5. The molecule has 1 atom stereocenters. The van der Waals surface area contributed by atoms with E-state index in [1.165, 1.54) is 35.2 Å². The van der Waals surface area contributed by atoms with E-state index >= 15 is 0 Å². The number of aromatic hydroxyl groups is 1. The molecular formula is C21H22N4O4S. The third-order valence-corrected chi connectivity index (χ3v) is 6.37. The minimum absolute atomic E-state index is 0.0195. The highest BCUT2D eigenvalue weighted by Crippen LogP contribution is 2.35. The first-order valence-electron chi connectivity index (χ1n) is 9.65. The van der Waals surface area contributed by atoms with Gasteiger partial charge in [0.15, 0.2) is 11.5 Å². The fourth-order valence-electron chi connectivity index (χ4n) is 3.62. The molecule has 156 valence electrons. The first kappa shape index (κ1) is 20.1. The van der Waals surface area contributed by atoms with Gasteiger partial charge >= 0.3 is 0 Å². The molecule has 0 saturated heterocycles. The van der Waals surface area contributed by atoms with Gasteiger partial charge in [-0.05, 0) is 54.5 Å². The van der Waals surface area contributed by atoms with Gasteiger partial charge in [-0.2, -0.15) is 5.10 Å². The smallest absolute Gasteiger partial charge is 0.262 e. The normalized spacial score (nSPS) is 16.0. The van der Waals surface area contributed by atoms with Crippen LogP contribution in [0.15, 0.2) is 34.4 Å². The number of carbonyl (C=O) groups is 1. The predicted molar refractivity (Wildman–Crippen MR) is 115 cm³/mol. The van der Waals surface area contributed by atoms with Crippen LogP contribution in [-0.4, -0.2) is 33.9 Å². The lowest BCUT2D eigenvalue weighted by Gasteiger charge is -2.17. The van der Waals surface area contributed by atoms with Crippen molar-refractivity contribution < 1.29 is 14.6 Å². The minimum atomic E-state index is -0.432. The van der Waals surface area contributed by atoms with Crippen molar-refractivity contribution >= 4 is 33.7 Å². The van der Waals surface area contributed by atoms with E-state index in [4.69, 9.17) is 4.74 Å². The monoisotopic (exact) mass is 426 g/mol. The largest absolute Gasteiger partial charge is 0.504 e. The Morgan fingerprint density at radius 1 is 1.50 bits per heavy atom. The average Bonchev–Trinajstić information content (AvgIpc) is 3.09. The molecule has 1 unspecified atom stereocenters. The van der Waals surface area contributed by atoms with Crippen molar-refractivity contribution in [2.45, 2.75) is 32.7 Å². The van der Waals surface area contributed by atoms with Crippen LogP contribution in [0.2, 0.25) is 0 Å². The van der Waals surface area contributed by atoms with Crippen molar-refractivity contribution in [2.75, 3.05) is 7.11 Å². The summed E-state index contributed by atoms with van der Waals surface area (Å²) < 4.78 is 6.36. The number of benzene rings is 1. The van der Waals surface area contributed by atoms with Gasteiger partial charge in [0.05, 0.1) is 25.0 Å². The number of hydrogen-bond acceptors (Lipinski definition) is 7. The summed E-state index contributed by atoms with van der Waals surface area (Å²) in [5.74, 6) is 0.513. The van der Waals surface area contributed by atoms with Gasteiger partial charge in [0.25, 0.3) is 11.5 Å². The number of methoxy groups -OCH3 is 1. The van der Waals surface area contributed by atoms with Gasteiger partial charge in [0.2, 0.25) is 0 Å². The molecule has 2 heterocycles. The maximum Gasteiger partial charge on any atom is 0.262 e. The summed E-state index contributed by atoms with van der Waals surface area (Å²) in [6, 6.07) is 4.70. The van der Waals surface area contributed by atoms with Crippen molar-refractivity contribution in [3.05, 3.63) is 50.9 Å². The Kier molecular flexibility index (Phi) is 5.54. The van der Waals surface area contributed by atoms with E-state index in [0.29, 0.717) is 22.6 Å². The van der Waals surface area contributed by atoms with Crippen LogP contribution < -0.4 is 15.7 Å². The topological polar surface area (TPSA) is 106 Å². The van der Waals surface area contributed by atoms with Gasteiger partial charge in [-0.3, -0.25) is 14.2 Å². The van der Waals surface area contributed by atoms with Gasteiger partial charge in [-0.1, -0.05) is 6.92 Å². The molecule has 0 fully saturated rings. The van der Waals surface area contributed by atoms with Crippen molar-refractivity contribution in [1.29, 1.82) is 0 Å². The van der Waals surface area contributed by atoms with E-state index in [-0.39, 0.29) is 17.9 Å². The highest BCUT2D eigenvalue weighted by atomic mass is 32.1. The number of hydrazone groups is 1. The molecule has 9 heteroatoms. The van der Waals surface area contributed by atoms with Gasteiger partial charge in [-0.15, -0.1) is 11.3 Å². The average molecular weight is 426 g/mol. The molecule has 1 aromatic carbocycles. The molecule has 0 aliphatic heterocycles. The first-order chi connectivity index (χ1) is 14.5. The molecular weight excluding hydrogens is 404 g/mol. The van der Waals surface area contributed by atoms with E-state index in [9.17, 15) is 14.7 Å². The third kappa shape index (κ3) is 3.93. The number of fused-ring (bicyclic) bond motifs is 3. The van der Waals surface area contributed by atoms with Gasteiger partial charge in [-0.25, -0.2) is 10.4 Å². The number of aromatic nitrogens is 2. The third-order valence-electron chi connectivity index (χ3n) is 5.20. The Morgan fingerprint density at radius 3 is 3.13 bits per heavy atom. The summed E-state index contributed by atoms with van der Waals surface area (Å²) in [4.78, 5) is 31.6. The van der Waals surface area contributed by atoms with E-state index < -0.39 is 5.91 Å². The second-order valence-electron chi connectivity index (χ2n) is 7.43. The maximum absolute atomic E-state index is 12.9. The number of phenolic OH excluding ortho intramolecular Hbond substituents is 1. The summed E-state index contributed by atoms with van der Waals surface area (Å²) >= 11 is 1.58. The van der Waals surface area contributed by atoms with E-state index in [1.807, 2.05) is 0 Å². The minimum Gasteiger partial charge on any atom is -0.504 e. The summed E-state index contributed by atoms with van der Waals surface area (Å²) in [7, 11) is 1.45. The van der Waals surface area contributed by atoms with Gasteiger partial charge in [0.1, 0.15) is 11.4 Å². The number of ether oxygens (including phenoxy) is 1. The number of amides is 1. The molecule has 8 nitrogen and oxygen atoms in total. The lowest BCUT2D eigenvalue weighted by molar-refractivity contribution is -0.121. The molecule has 0 radical (unpaired) electrons. The zero-order valence-corrected chi connectivity index (χ0v) is 17.5. The first-order valence-corrected chi connectivity index (χ1v) is 10.5. The Balaban J connectivity index is 1.48. The number of thiophene rings is 1. The van der Waals surface area contributed by atoms with E-state index in [0.717, 1.165) is 29.7 Å². The van der Waals surface area contributed by atoms with Crippen LogP contribution in [0.5, 0.6) is 11.5 Å². The molecule has 1 amide bonds. The fraction of sp³-hybridized carbons (Fsp3) is 0.333. The second-order valence-corrected chi connectivity index (χ2v) is 8.52. The summed E-state index contributed by atoms with van der Waals surface area (Å²) in [6.07, 6.45) is 5.77. The van der Waals surface area contributed by atoms with Crippen LogP contribution in [-0.2, 0) is 24.2 Å².